The number of hydrogen-bond acceptors (Lipinski definition) is 1. The maximum atomic E-state index is 14.0. The largest absolute Gasteiger partial charge is 0.333 e. The van der Waals surface area contributed by atoms with Gasteiger partial charge in [-0.1, -0.05) is 48.0 Å². The predicted octanol–water partition coefficient (Wildman–Crippen LogP) is 4.36. The van der Waals surface area contributed by atoms with Crippen LogP contribution in [0.4, 0.5) is 4.39 Å². The van der Waals surface area contributed by atoms with E-state index in [2.05, 4.69) is 0 Å². The van der Waals surface area contributed by atoms with Crippen LogP contribution in [-0.2, 0) is 6.54 Å². The van der Waals surface area contributed by atoms with Crippen LogP contribution in [0.15, 0.2) is 48.5 Å². The Morgan fingerprint density at radius 1 is 1.10 bits per heavy atom. The SMILES string of the molecule is O=C(c1cccc(Cl)c1F)N(CCCl)Cc1ccccc1. The molecule has 0 aliphatic heterocycles. The molecule has 0 radical (unpaired) electrons. The van der Waals surface area contributed by atoms with Gasteiger partial charge in [0.1, 0.15) is 0 Å². The molecule has 0 saturated heterocycles. The summed E-state index contributed by atoms with van der Waals surface area (Å²) in [6.07, 6.45) is 0. The standard InChI is InChI=1S/C16H14Cl2FNO/c17-9-10-20(11-12-5-2-1-3-6-12)16(21)13-7-4-8-14(18)15(13)19/h1-8H,9-11H2. The van der Waals surface area contributed by atoms with Crippen LogP contribution in [0.3, 0.4) is 0 Å². The number of benzene rings is 2. The molecule has 5 heteroatoms. The molecule has 0 aliphatic rings. The Morgan fingerprint density at radius 3 is 2.48 bits per heavy atom. The number of carbonyl (C=O) groups is 1. The monoisotopic (exact) mass is 325 g/mol. The first-order chi connectivity index (χ1) is 10.1. The number of carbonyl (C=O) groups excluding carboxylic acids is 1. The van der Waals surface area contributed by atoms with E-state index in [0.717, 1.165) is 5.56 Å². The summed E-state index contributed by atoms with van der Waals surface area (Å²) >= 11 is 11.5. The molecule has 0 atom stereocenters. The van der Waals surface area contributed by atoms with E-state index in [1.54, 1.807) is 6.07 Å². The zero-order valence-corrected chi connectivity index (χ0v) is 12.7. The van der Waals surface area contributed by atoms with Crippen LogP contribution in [0.25, 0.3) is 0 Å². The summed E-state index contributed by atoms with van der Waals surface area (Å²) in [5, 5.41) is -0.0635. The average Bonchev–Trinajstić information content (AvgIpc) is 2.50. The molecule has 2 aromatic carbocycles. The van der Waals surface area contributed by atoms with Gasteiger partial charge in [-0.3, -0.25) is 4.79 Å². The van der Waals surface area contributed by atoms with Crippen molar-refractivity contribution in [3.05, 3.63) is 70.5 Å². The molecule has 2 nitrogen and oxygen atoms in total. The van der Waals surface area contributed by atoms with Crippen molar-refractivity contribution in [2.45, 2.75) is 6.54 Å². The topological polar surface area (TPSA) is 20.3 Å². The molecule has 0 aromatic heterocycles. The second kappa shape index (κ2) is 7.43. The minimum Gasteiger partial charge on any atom is -0.333 e. The zero-order valence-electron chi connectivity index (χ0n) is 11.2. The lowest BCUT2D eigenvalue weighted by atomic mass is 10.1. The van der Waals surface area contributed by atoms with E-state index < -0.39 is 11.7 Å². The Balaban J connectivity index is 2.25. The molecule has 0 unspecified atom stereocenters. The number of alkyl halides is 1. The fourth-order valence-electron chi connectivity index (χ4n) is 2.00. The Bertz CT molecular complexity index is 619. The highest BCUT2D eigenvalue weighted by atomic mass is 35.5. The molecule has 0 aliphatic carbocycles. The van der Waals surface area contributed by atoms with Crippen molar-refractivity contribution in [1.82, 2.24) is 4.90 Å². The molecule has 2 aromatic rings. The minimum atomic E-state index is -0.697. The van der Waals surface area contributed by atoms with Gasteiger partial charge in [-0.15, -0.1) is 11.6 Å². The smallest absolute Gasteiger partial charge is 0.257 e. The molecule has 0 fully saturated rings. The third-order valence-corrected chi connectivity index (χ3v) is 3.50. The van der Waals surface area contributed by atoms with Crippen LogP contribution in [-0.4, -0.2) is 23.2 Å². The van der Waals surface area contributed by atoms with Crippen LogP contribution in [0.2, 0.25) is 5.02 Å². The molecule has 110 valence electrons. The summed E-state index contributed by atoms with van der Waals surface area (Å²) in [6.45, 7) is 0.708. The third-order valence-electron chi connectivity index (χ3n) is 3.04. The molecule has 21 heavy (non-hydrogen) atoms. The second-order valence-corrected chi connectivity index (χ2v) is 5.29. The maximum absolute atomic E-state index is 14.0. The highest BCUT2D eigenvalue weighted by Gasteiger charge is 2.20. The highest BCUT2D eigenvalue weighted by molar-refractivity contribution is 6.31. The number of hydrogen-bond donors (Lipinski definition) is 0. The van der Waals surface area contributed by atoms with E-state index in [9.17, 15) is 9.18 Å². The van der Waals surface area contributed by atoms with Gasteiger partial charge in [0.2, 0.25) is 0 Å². The van der Waals surface area contributed by atoms with Crippen molar-refractivity contribution < 1.29 is 9.18 Å². The lowest BCUT2D eigenvalue weighted by Crippen LogP contribution is -2.33. The lowest BCUT2D eigenvalue weighted by molar-refractivity contribution is 0.0749. The number of halogens is 3. The molecule has 2 rings (SSSR count). The molecule has 0 saturated carbocycles. The van der Waals surface area contributed by atoms with Crippen LogP contribution in [0.5, 0.6) is 0 Å². The molecule has 0 bridgehead atoms. The first-order valence-corrected chi connectivity index (χ1v) is 7.38. The van der Waals surface area contributed by atoms with Gasteiger partial charge in [0.25, 0.3) is 5.91 Å². The van der Waals surface area contributed by atoms with Crippen molar-refractivity contribution in [1.29, 1.82) is 0 Å². The number of nitrogens with zero attached hydrogens (tertiary/aromatic N) is 1. The minimum absolute atomic E-state index is 0.0384. The van der Waals surface area contributed by atoms with Gasteiger partial charge in [0, 0.05) is 19.0 Å². The van der Waals surface area contributed by atoms with E-state index in [-0.39, 0.29) is 16.5 Å². The second-order valence-electron chi connectivity index (χ2n) is 4.50. The normalized spacial score (nSPS) is 10.4. The van der Waals surface area contributed by atoms with Crippen LogP contribution in [0, 0.1) is 5.82 Å². The van der Waals surface area contributed by atoms with Gasteiger partial charge >= 0.3 is 0 Å². The predicted molar refractivity (Wildman–Crippen MR) is 83.3 cm³/mol. The summed E-state index contributed by atoms with van der Waals surface area (Å²) in [4.78, 5) is 14.0. The quantitative estimate of drug-likeness (QED) is 0.748. The maximum Gasteiger partial charge on any atom is 0.257 e. The highest BCUT2D eigenvalue weighted by Crippen LogP contribution is 2.20. The third kappa shape index (κ3) is 3.96. The number of amides is 1. The van der Waals surface area contributed by atoms with Crippen molar-refractivity contribution in [2.75, 3.05) is 12.4 Å². The van der Waals surface area contributed by atoms with Gasteiger partial charge in [-0.25, -0.2) is 4.39 Å². The van der Waals surface area contributed by atoms with Gasteiger partial charge < -0.3 is 4.90 Å². The average molecular weight is 326 g/mol. The molecule has 0 N–H and O–H groups in total. The van der Waals surface area contributed by atoms with Crippen molar-refractivity contribution in [2.24, 2.45) is 0 Å². The van der Waals surface area contributed by atoms with E-state index >= 15 is 0 Å². The molecule has 0 spiro atoms. The first-order valence-electron chi connectivity index (χ1n) is 6.46. The number of rotatable bonds is 5. The summed E-state index contributed by atoms with van der Waals surface area (Å²) in [5.74, 6) is -0.836. The zero-order chi connectivity index (χ0) is 15.2. The Hall–Kier alpha value is -1.58. The summed E-state index contributed by atoms with van der Waals surface area (Å²) in [5.41, 5.74) is 0.918. The van der Waals surface area contributed by atoms with Crippen LogP contribution in [0.1, 0.15) is 15.9 Å². The van der Waals surface area contributed by atoms with E-state index in [0.29, 0.717) is 13.1 Å². The van der Waals surface area contributed by atoms with Gasteiger partial charge in [-0.2, -0.15) is 0 Å². The Kier molecular flexibility index (Phi) is 5.59. The molecule has 0 heterocycles. The van der Waals surface area contributed by atoms with Gasteiger partial charge in [-0.05, 0) is 17.7 Å². The Labute approximate surface area is 133 Å². The van der Waals surface area contributed by atoms with Gasteiger partial charge in [0.15, 0.2) is 5.82 Å². The Morgan fingerprint density at radius 2 is 1.81 bits per heavy atom. The molecular formula is C16H14Cl2FNO. The summed E-state index contributed by atoms with van der Waals surface area (Å²) in [7, 11) is 0. The molecule has 1 amide bonds. The fraction of sp³-hybridized carbons (Fsp3) is 0.188. The van der Waals surface area contributed by atoms with Crippen molar-refractivity contribution in [3.8, 4) is 0 Å². The summed E-state index contributed by atoms with van der Waals surface area (Å²) in [6, 6.07) is 13.9. The van der Waals surface area contributed by atoms with Crippen LogP contribution >= 0.6 is 23.2 Å². The fourth-order valence-corrected chi connectivity index (χ4v) is 2.38. The van der Waals surface area contributed by atoms with Crippen molar-refractivity contribution >= 4 is 29.1 Å². The van der Waals surface area contributed by atoms with Crippen molar-refractivity contribution in [3.63, 3.8) is 0 Å². The first kappa shape index (κ1) is 15.8. The van der Waals surface area contributed by atoms with Gasteiger partial charge in [0.05, 0.1) is 10.6 Å². The lowest BCUT2D eigenvalue weighted by Gasteiger charge is -2.22. The summed E-state index contributed by atoms with van der Waals surface area (Å²) < 4.78 is 14.0. The van der Waals surface area contributed by atoms with Crippen LogP contribution < -0.4 is 0 Å². The van der Waals surface area contributed by atoms with E-state index in [1.807, 2.05) is 30.3 Å². The van der Waals surface area contributed by atoms with E-state index in [4.69, 9.17) is 23.2 Å². The van der Waals surface area contributed by atoms with E-state index in [1.165, 1.54) is 17.0 Å². The molecular weight excluding hydrogens is 312 g/mol.